The van der Waals surface area contributed by atoms with Gasteiger partial charge < -0.3 is 10.6 Å². The van der Waals surface area contributed by atoms with E-state index < -0.39 is 0 Å². The molecule has 0 radical (unpaired) electrons. The molecule has 0 fully saturated rings. The fourth-order valence-corrected chi connectivity index (χ4v) is 3.18. The van der Waals surface area contributed by atoms with Gasteiger partial charge in [-0.2, -0.15) is 5.10 Å². The lowest BCUT2D eigenvalue weighted by molar-refractivity contribution is 0.251. The van der Waals surface area contributed by atoms with Crippen molar-refractivity contribution in [2.45, 2.75) is 43.9 Å². The third kappa shape index (κ3) is 5.63. The molecular weight excluding hydrogens is 308 g/mol. The zero-order valence-corrected chi connectivity index (χ0v) is 15.1. The molecule has 124 valence electrons. The Bertz CT molecular complexity index is 688. The maximum absolute atomic E-state index is 12.0. The van der Waals surface area contributed by atoms with Gasteiger partial charge in [-0.15, -0.1) is 11.8 Å². The van der Waals surface area contributed by atoms with Gasteiger partial charge in [-0.3, -0.25) is 4.68 Å². The highest BCUT2D eigenvalue weighted by Crippen LogP contribution is 2.33. The zero-order valence-electron chi connectivity index (χ0n) is 14.3. The smallest absolute Gasteiger partial charge is 0.319 e. The number of aromatic nitrogens is 2. The number of nitrogens with zero attached hydrogens (tertiary/aromatic N) is 2. The van der Waals surface area contributed by atoms with Crippen molar-refractivity contribution in [3.63, 3.8) is 0 Å². The van der Waals surface area contributed by atoms with Gasteiger partial charge in [0.15, 0.2) is 0 Å². The van der Waals surface area contributed by atoms with Gasteiger partial charge in [-0.05, 0) is 30.7 Å². The number of thioether (sulfide) groups is 1. The van der Waals surface area contributed by atoms with E-state index >= 15 is 0 Å². The Morgan fingerprint density at radius 1 is 1.35 bits per heavy atom. The molecule has 0 unspecified atom stereocenters. The second kappa shape index (κ2) is 7.08. The molecule has 0 aliphatic carbocycles. The number of anilines is 1. The summed E-state index contributed by atoms with van der Waals surface area (Å²) in [6.45, 7) is 9.02. The zero-order chi connectivity index (χ0) is 17.0. The van der Waals surface area contributed by atoms with E-state index in [-0.39, 0.29) is 10.8 Å². The molecule has 0 saturated carbocycles. The molecule has 0 bridgehead atoms. The van der Waals surface area contributed by atoms with Crippen LogP contribution in [0.3, 0.4) is 0 Å². The summed E-state index contributed by atoms with van der Waals surface area (Å²) in [7, 11) is 1.85. The first-order valence-electron chi connectivity index (χ1n) is 7.55. The lowest BCUT2D eigenvalue weighted by Crippen LogP contribution is -2.28. The van der Waals surface area contributed by atoms with Crippen LogP contribution < -0.4 is 10.6 Å². The number of rotatable bonds is 4. The number of carbonyl (C=O) groups is 1. The van der Waals surface area contributed by atoms with Crippen LogP contribution >= 0.6 is 11.8 Å². The molecular formula is C17H24N4OS. The molecule has 1 aromatic carbocycles. The summed E-state index contributed by atoms with van der Waals surface area (Å²) in [5.41, 5.74) is 2.85. The lowest BCUT2D eigenvalue weighted by Gasteiger charge is -2.18. The van der Waals surface area contributed by atoms with Gasteiger partial charge in [0.1, 0.15) is 0 Å². The van der Waals surface area contributed by atoms with Gasteiger partial charge >= 0.3 is 6.03 Å². The number of amides is 2. The van der Waals surface area contributed by atoms with Crippen LogP contribution in [-0.4, -0.2) is 20.6 Å². The third-order valence-electron chi connectivity index (χ3n) is 3.08. The summed E-state index contributed by atoms with van der Waals surface area (Å²) in [5.74, 6) is 0. The van der Waals surface area contributed by atoms with Crippen LogP contribution in [0.2, 0.25) is 0 Å². The SMILES string of the molecule is Cc1cc(SC(C)(C)C)ccc1NC(=O)NCc1cnn(C)c1. The highest BCUT2D eigenvalue weighted by atomic mass is 32.2. The molecule has 2 rings (SSSR count). The van der Waals surface area contributed by atoms with Gasteiger partial charge in [0, 0.05) is 40.7 Å². The minimum Gasteiger partial charge on any atom is -0.334 e. The van der Waals surface area contributed by atoms with Crippen LogP contribution in [0.5, 0.6) is 0 Å². The lowest BCUT2D eigenvalue weighted by atomic mass is 10.2. The van der Waals surface area contributed by atoms with Crippen LogP contribution in [0.25, 0.3) is 0 Å². The van der Waals surface area contributed by atoms with E-state index in [1.165, 1.54) is 4.90 Å². The Hall–Kier alpha value is -1.95. The van der Waals surface area contributed by atoms with Crippen LogP contribution in [-0.2, 0) is 13.6 Å². The topological polar surface area (TPSA) is 59.0 Å². The number of carbonyl (C=O) groups excluding carboxylic acids is 1. The van der Waals surface area contributed by atoms with Crippen molar-refractivity contribution in [3.05, 3.63) is 41.7 Å². The maximum atomic E-state index is 12.0. The van der Waals surface area contributed by atoms with E-state index in [1.807, 2.05) is 44.1 Å². The molecule has 2 N–H and O–H groups in total. The molecule has 2 aromatic rings. The first-order valence-corrected chi connectivity index (χ1v) is 8.36. The van der Waals surface area contributed by atoms with Crippen molar-refractivity contribution in [1.82, 2.24) is 15.1 Å². The fourth-order valence-electron chi connectivity index (χ4n) is 2.11. The van der Waals surface area contributed by atoms with Gasteiger partial charge in [0.05, 0.1) is 6.20 Å². The molecule has 1 aromatic heterocycles. The van der Waals surface area contributed by atoms with Gasteiger partial charge in [0.2, 0.25) is 0 Å². The summed E-state index contributed by atoms with van der Waals surface area (Å²) in [4.78, 5) is 13.2. The molecule has 0 aliphatic heterocycles. The van der Waals surface area contributed by atoms with E-state index in [4.69, 9.17) is 0 Å². The van der Waals surface area contributed by atoms with E-state index in [2.05, 4.69) is 42.6 Å². The average Bonchev–Trinajstić information content (AvgIpc) is 2.84. The molecule has 1 heterocycles. The minimum absolute atomic E-state index is 0.169. The van der Waals surface area contributed by atoms with Crippen molar-refractivity contribution in [3.8, 4) is 0 Å². The Labute approximate surface area is 141 Å². The fraction of sp³-hybridized carbons (Fsp3) is 0.412. The minimum atomic E-state index is -0.215. The van der Waals surface area contributed by atoms with E-state index in [9.17, 15) is 4.79 Å². The first-order chi connectivity index (χ1) is 10.7. The molecule has 0 spiro atoms. The second-order valence-corrected chi connectivity index (χ2v) is 8.42. The molecule has 0 aliphatic rings. The first kappa shape index (κ1) is 17.4. The second-order valence-electron chi connectivity index (χ2n) is 6.52. The highest BCUT2D eigenvalue weighted by Gasteiger charge is 2.13. The Morgan fingerprint density at radius 3 is 2.65 bits per heavy atom. The molecule has 0 saturated heterocycles. The average molecular weight is 332 g/mol. The van der Waals surface area contributed by atoms with E-state index in [1.54, 1.807) is 10.9 Å². The Morgan fingerprint density at radius 2 is 2.09 bits per heavy atom. The quantitative estimate of drug-likeness (QED) is 0.834. The van der Waals surface area contributed by atoms with Crippen LogP contribution in [0.1, 0.15) is 31.9 Å². The van der Waals surface area contributed by atoms with Crippen LogP contribution in [0, 0.1) is 6.92 Å². The molecule has 23 heavy (non-hydrogen) atoms. The molecule has 5 nitrogen and oxygen atoms in total. The third-order valence-corrected chi connectivity index (χ3v) is 4.18. The summed E-state index contributed by atoms with van der Waals surface area (Å²) in [6.07, 6.45) is 3.62. The normalized spacial score (nSPS) is 11.3. The van der Waals surface area contributed by atoms with Crippen molar-refractivity contribution in [1.29, 1.82) is 0 Å². The van der Waals surface area contributed by atoms with Crippen LogP contribution in [0.4, 0.5) is 10.5 Å². The van der Waals surface area contributed by atoms with Crippen molar-refractivity contribution in [2.75, 3.05) is 5.32 Å². The molecule has 6 heteroatoms. The van der Waals surface area contributed by atoms with Gasteiger partial charge in [0.25, 0.3) is 0 Å². The summed E-state index contributed by atoms with van der Waals surface area (Å²) >= 11 is 1.81. The number of nitrogens with one attached hydrogen (secondary N) is 2. The summed E-state index contributed by atoms with van der Waals surface area (Å²) in [5, 5.41) is 9.80. The monoisotopic (exact) mass is 332 g/mol. The maximum Gasteiger partial charge on any atom is 0.319 e. The largest absolute Gasteiger partial charge is 0.334 e. The number of hydrogen-bond donors (Lipinski definition) is 2. The predicted molar refractivity (Wildman–Crippen MR) is 95.9 cm³/mol. The predicted octanol–water partition coefficient (Wildman–Crippen LogP) is 3.94. The molecule has 2 amide bonds. The van der Waals surface area contributed by atoms with Crippen molar-refractivity contribution < 1.29 is 4.79 Å². The standard InChI is InChI=1S/C17H24N4OS/c1-12-8-14(23-17(2,3)4)6-7-15(12)20-16(22)18-9-13-10-19-21(5)11-13/h6-8,10-11H,9H2,1-5H3,(H2,18,20,22). The van der Waals surface area contributed by atoms with E-state index in [0.29, 0.717) is 6.54 Å². The summed E-state index contributed by atoms with van der Waals surface area (Å²) < 4.78 is 1.88. The molecule has 0 atom stereocenters. The van der Waals surface area contributed by atoms with Gasteiger partial charge in [-0.25, -0.2) is 4.79 Å². The van der Waals surface area contributed by atoms with Crippen LogP contribution in [0.15, 0.2) is 35.5 Å². The highest BCUT2D eigenvalue weighted by molar-refractivity contribution is 8.00. The van der Waals surface area contributed by atoms with Crippen molar-refractivity contribution in [2.24, 2.45) is 7.05 Å². The van der Waals surface area contributed by atoms with Crippen molar-refractivity contribution >= 4 is 23.5 Å². The Balaban J connectivity index is 1.92. The number of benzene rings is 1. The van der Waals surface area contributed by atoms with E-state index in [0.717, 1.165) is 16.8 Å². The Kier molecular flexibility index (Phi) is 5.36. The number of aryl methyl sites for hydroxylation is 2. The van der Waals surface area contributed by atoms with Gasteiger partial charge in [-0.1, -0.05) is 20.8 Å². The summed E-state index contributed by atoms with van der Waals surface area (Å²) in [6, 6.07) is 5.88. The number of urea groups is 1. The number of hydrogen-bond acceptors (Lipinski definition) is 3.